The van der Waals surface area contributed by atoms with Gasteiger partial charge in [0.1, 0.15) is 5.75 Å². The zero-order valence-corrected chi connectivity index (χ0v) is 31.2. The van der Waals surface area contributed by atoms with Gasteiger partial charge in [0.2, 0.25) is 10.0 Å². The molecule has 0 fully saturated rings. The van der Waals surface area contributed by atoms with E-state index in [2.05, 4.69) is 44.7 Å². The lowest BCUT2D eigenvalue weighted by Gasteiger charge is -2.33. The zero-order valence-electron chi connectivity index (χ0n) is 26.4. The quantitative estimate of drug-likeness (QED) is 0.160. The number of benzene rings is 5. The van der Waals surface area contributed by atoms with Gasteiger partial charge in [-0.1, -0.05) is 71.0 Å². The Labute approximate surface area is 318 Å². The number of halogens is 6. The molecule has 0 amide bonds. The fraction of sp³-hybridized carbons (Fsp3) is 0.143. The van der Waals surface area contributed by atoms with Crippen LogP contribution in [-0.2, 0) is 10.0 Å². The van der Waals surface area contributed by atoms with E-state index in [1.807, 2.05) is 53.4 Å². The second-order valence-electron chi connectivity index (χ2n) is 10.9. The number of nitrogens with one attached hydrogen (secondary N) is 1. The summed E-state index contributed by atoms with van der Waals surface area (Å²) in [6.07, 6.45) is -4.85. The van der Waals surface area contributed by atoms with Gasteiger partial charge in [-0.2, -0.15) is 0 Å². The molecule has 268 valence electrons. The fourth-order valence-electron chi connectivity index (χ4n) is 5.41. The minimum Gasteiger partial charge on any atom is -0.406 e. The van der Waals surface area contributed by atoms with Crippen LogP contribution in [0.15, 0.2) is 134 Å². The van der Waals surface area contributed by atoms with Gasteiger partial charge in [0.25, 0.3) is 0 Å². The second-order valence-corrected chi connectivity index (χ2v) is 15.7. The molecule has 2 heterocycles. The number of alkyl halides is 3. The van der Waals surface area contributed by atoms with E-state index in [0.29, 0.717) is 18.1 Å². The Morgan fingerprint density at radius 3 is 1.65 bits per heavy atom. The van der Waals surface area contributed by atoms with Crippen molar-refractivity contribution < 1.29 is 26.3 Å². The van der Waals surface area contributed by atoms with Crippen molar-refractivity contribution in [3.8, 4) is 5.75 Å². The van der Waals surface area contributed by atoms with Gasteiger partial charge in [0, 0.05) is 55.8 Å². The molecule has 5 aromatic carbocycles. The molecular formula is C35H30Cl3F3N4O3S3. The lowest BCUT2D eigenvalue weighted by atomic mass is 10.2. The van der Waals surface area contributed by atoms with Gasteiger partial charge in [-0.05, 0) is 84.9 Å². The highest BCUT2D eigenvalue weighted by atomic mass is 35.5. The predicted molar refractivity (Wildman–Crippen MR) is 203 cm³/mol. The molecule has 0 aliphatic carbocycles. The molecule has 0 unspecified atom stereocenters. The van der Waals surface area contributed by atoms with Crippen LogP contribution in [0.1, 0.15) is 0 Å². The van der Waals surface area contributed by atoms with Crippen LogP contribution in [-0.4, -0.2) is 41.0 Å². The third kappa shape index (κ3) is 9.40. The minimum absolute atomic E-state index is 0. The summed E-state index contributed by atoms with van der Waals surface area (Å²) in [4.78, 5) is 8.59. The molecule has 2 aliphatic heterocycles. The maximum Gasteiger partial charge on any atom is 0.573 e. The molecule has 0 atom stereocenters. The second kappa shape index (κ2) is 16.6. The van der Waals surface area contributed by atoms with Crippen molar-refractivity contribution >= 4 is 91.9 Å². The molecule has 51 heavy (non-hydrogen) atoms. The number of hydrogen-bond donors (Lipinski definition) is 2. The SMILES string of the molecule is Cl.NCCN1c2ccccc2Sc2ccc(Cl)cc21.O=S(=O)(NCCN1c2ccccc2Sc2ccc(Cl)cc21)c1ccc(OC(F)(F)F)cc1. The first-order chi connectivity index (χ1) is 23.9. The number of hydrogen-bond acceptors (Lipinski definition) is 8. The Kier molecular flexibility index (Phi) is 12.7. The van der Waals surface area contributed by atoms with E-state index in [4.69, 9.17) is 28.9 Å². The molecule has 0 aromatic heterocycles. The molecule has 7 nitrogen and oxygen atoms in total. The zero-order chi connectivity index (χ0) is 35.5. The van der Waals surface area contributed by atoms with Gasteiger partial charge in [-0.15, -0.1) is 25.6 Å². The van der Waals surface area contributed by atoms with Crippen molar-refractivity contribution in [2.75, 3.05) is 36.0 Å². The number of nitrogens with two attached hydrogens (primary N) is 1. The van der Waals surface area contributed by atoms with Crippen molar-refractivity contribution in [3.05, 3.63) is 119 Å². The van der Waals surface area contributed by atoms with Crippen LogP contribution in [0.5, 0.6) is 5.75 Å². The smallest absolute Gasteiger partial charge is 0.406 e. The molecule has 0 spiro atoms. The first-order valence-electron chi connectivity index (χ1n) is 15.2. The monoisotopic (exact) mass is 812 g/mol. The molecule has 7 rings (SSSR count). The third-order valence-electron chi connectivity index (χ3n) is 7.52. The lowest BCUT2D eigenvalue weighted by molar-refractivity contribution is -0.274. The van der Waals surface area contributed by atoms with E-state index in [-0.39, 0.29) is 23.8 Å². The molecular weight excluding hydrogens is 784 g/mol. The van der Waals surface area contributed by atoms with Crippen LogP contribution in [0.3, 0.4) is 0 Å². The van der Waals surface area contributed by atoms with E-state index in [1.54, 1.807) is 29.6 Å². The number of anilines is 4. The molecule has 5 aromatic rings. The largest absolute Gasteiger partial charge is 0.573 e. The topological polar surface area (TPSA) is 87.9 Å². The Hall–Kier alpha value is -3.27. The number of rotatable bonds is 8. The normalized spacial score (nSPS) is 13.1. The Morgan fingerprint density at radius 2 is 1.16 bits per heavy atom. The van der Waals surface area contributed by atoms with Crippen LogP contribution in [0.2, 0.25) is 10.0 Å². The number of sulfonamides is 1. The number of para-hydroxylation sites is 2. The van der Waals surface area contributed by atoms with E-state index >= 15 is 0 Å². The minimum atomic E-state index is -4.85. The summed E-state index contributed by atoms with van der Waals surface area (Å²) < 4.78 is 68.3. The van der Waals surface area contributed by atoms with Gasteiger partial charge in [0.15, 0.2) is 0 Å². The Bertz CT molecular complexity index is 2110. The molecule has 3 N–H and O–H groups in total. The van der Waals surface area contributed by atoms with E-state index < -0.39 is 22.1 Å². The van der Waals surface area contributed by atoms with Gasteiger partial charge in [0.05, 0.1) is 27.6 Å². The molecule has 0 saturated heterocycles. The number of ether oxygens (including phenoxy) is 1. The highest BCUT2D eigenvalue weighted by Gasteiger charge is 2.31. The van der Waals surface area contributed by atoms with E-state index in [0.717, 1.165) is 62.7 Å². The summed E-state index contributed by atoms with van der Waals surface area (Å²) in [6.45, 7) is 1.80. The summed E-state index contributed by atoms with van der Waals surface area (Å²) in [6, 6.07) is 31.7. The van der Waals surface area contributed by atoms with Crippen molar-refractivity contribution in [2.24, 2.45) is 5.73 Å². The summed E-state index contributed by atoms with van der Waals surface area (Å²) >= 11 is 15.7. The van der Waals surface area contributed by atoms with E-state index in [9.17, 15) is 21.6 Å². The average Bonchev–Trinajstić information content (AvgIpc) is 3.08. The maximum absolute atomic E-state index is 12.6. The predicted octanol–water partition coefficient (Wildman–Crippen LogP) is 10.1. The maximum atomic E-state index is 12.6. The van der Waals surface area contributed by atoms with Crippen LogP contribution in [0, 0.1) is 0 Å². The van der Waals surface area contributed by atoms with Crippen molar-refractivity contribution in [1.29, 1.82) is 0 Å². The van der Waals surface area contributed by atoms with Gasteiger partial charge < -0.3 is 20.3 Å². The average molecular weight is 814 g/mol. The third-order valence-corrected chi connectivity index (χ3v) is 11.7. The molecule has 0 radical (unpaired) electrons. The molecule has 0 saturated carbocycles. The first kappa shape index (κ1) is 38.9. The Morgan fingerprint density at radius 1 is 0.686 bits per heavy atom. The summed E-state index contributed by atoms with van der Waals surface area (Å²) in [5.74, 6) is -0.493. The molecule has 0 bridgehead atoms. The lowest BCUT2D eigenvalue weighted by Crippen LogP contribution is -2.33. The number of nitrogens with zero attached hydrogens (tertiary/aromatic N) is 2. The van der Waals surface area contributed by atoms with Crippen molar-refractivity contribution in [2.45, 2.75) is 30.8 Å². The molecule has 2 aliphatic rings. The Balaban J connectivity index is 0.000000224. The summed E-state index contributed by atoms with van der Waals surface area (Å²) in [5, 5.41) is 1.33. The fourth-order valence-corrected chi connectivity index (χ4v) is 8.92. The van der Waals surface area contributed by atoms with Crippen LogP contribution >= 0.6 is 59.1 Å². The van der Waals surface area contributed by atoms with Crippen LogP contribution < -0.4 is 25.0 Å². The van der Waals surface area contributed by atoms with Crippen LogP contribution in [0.25, 0.3) is 0 Å². The van der Waals surface area contributed by atoms with Gasteiger partial charge >= 0.3 is 6.36 Å². The van der Waals surface area contributed by atoms with Crippen LogP contribution in [0.4, 0.5) is 35.9 Å². The highest BCUT2D eigenvalue weighted by molar-refractivity contribution is 8.00. The molecule has 16 heteroatoms. The van der Waals surface area contributed by atoms with Gasteiger partial charge in [-0.3, -0.25) is 0 Å². The van der Waals surface area contributed by atoms with Gasteiger partial charge in [-0.25, -0.2) is 13.1 Å². The first-order valence-corrected chi connectivity index (χ1v) is 19.0. The summed E-state index contributed by atoms with van der Waals surface area (Å²) in [5.41, 5.74) is 9.89. The number of fused-ring (bicyclic) bond motifs is 4. The van der Waals surface area contributed by atoms with Crippen molar-refractivity contribution in [3.63, 3.8) is 0 Å². The summed E-state index contributed by atoms with van der Waals surface area (Å²) in [7, 11) is -3.93. The van der Waals surface area contributed by atoms with Crippen molar-refractivity contribution in [1.82, 2.24) is 4.72 Å². The highest BCUT2D eigenvalue weighted by Crippen LogP contribution is 2.49. The van der Waals surface area contributed by atoms with E-state index in [1.165, 1.54) is 15.5 Å². The standard InChI is InChI=1S/C21H16ClF3N2O3S2.C14H13ClN2S.ClH/c22-14-5-10-20-18(13-14)27(17-3-1-2-4-19(17)31-20)12-11-26-32(28,29)16-8-6-15(7-9-16)30-21(23,24)25;15-10-5-6-14-12(9-10)17(8-7-16)11-3-1-2-4-13(11)18-14;/h1-10,13,26H,11-12H2;1-6,9H,7-8,16H2;1H.